The number of nitrogens with zero attached hydrogens (tertiary/aromatic N) is 2. The van der Waals surface area contributed by atoms with Gasteiger partial charge in [-0.2, -0.15) is 4.31 Å². The van der Waals surface area contributed by atoms with Crippen molar-refractivity contribution in [3.05, 3.63) is 45.1 Å². The van der Waals surface area contributed by atoms with E-state index in [9.17, 15) is 13.2 Å². The first kappa shape index (κ1) is 23.0. The quantitative estimate of drug-likeness (QED) is 0.549. The molecule has 0 spiro atoms. The van der Waals surface area contributed by atoms with Gasteiger partial charge in [0.05, 0.1) is 15.2 Å². The minimum absolute atomic E-state index is 0.171. The Balaban J connectivity index is 2.05. The van der Waals surface area contributed by atoms with E-state index < -0.39 is 10.0 Å². The van der Waals surface area contributed by atoms with Crippen molar-refractivity contribution in [3.8, 4) is 0 Å². The molecule has 0 saturated heterocycles. The largest absolute Gasteiger partial charge is 0.325 e. The molecule has 2 rings (SSSR count). The predicted molar refractivity (Wildman–Crippen MR) is 118 cm³/mol. The molecule has 1 aromatic heterocycles. The molecule has 0 atom stereocenters. The predicted octanol–water partition coefficient (Wildman–Crippen LogP) is 4.00. The van der Waals surface area contributed by atoms with Crippen LogP contribution in [0.3, 0.4) is 0 Å². The van der Waals surface area contributed by atoms with Crippen LogP contribution < -0.4 is 5.32 Å². The van der Waals surface area contributed by atoms with Crippen molar-refractivity contribution in [1.82, 2.24) is 9.21 Å². The molecule has 9 heteroatoms. The van der Waals surface area contributed by atoms with Crippen LogP contribution in [0, 0.1) is 0 Å². The van der Waals surface area contributed by atoms with Gasteiger partial charge in [0.2, 0.25) is 15.9 Å². The summed E-state index contributed by atoms with van der Waals surface area (Å²) >= 11 is 5.10. The van der Waals surface area contributed by atoms with Gasteiger partial charge in [-0.1, -0.05) is 26.8 Å². The fraction of sp³-hybridized carbons (Fsp3) is 0.421. The SMILES string of the molecule is CCN(CC(=O)Nc1cccc(S(=O)(=O)N(CC)CC)c1)Cc1ccc(Br)s1. The molecule has 1 aromatic carbocycles. The highest BCUT2D eigenvalue weighted by Gasteiger charge is 2.22. The maximum atomic E-state index is 12.7. The summed E-state index contributed by atoms with van der Waals surface area (Å²) in [6.45, 7) is 8.08. The second-order valence-electron chi connectivity index (χ2n) is 6.17. The van der Waals surface area contributed by atoms with Gasteiger partial charge >= 0.3 is 0 Å². The molecule has 0 unspecified atom stereocenters. The summed E-state index contributed by atoms with van der Waals surface area (Å²) in [6.07, 6.45) is 0. The minimum atomic E-state index is -3.56. The van der Waals surface area contributed by atoms with Gasteiger partial charge in [-0.15, -0.1) is 11.3 Å². The first-order valence-electron chi connectivity index (χ1n) is 9.16. The van der Waals surface area contributed by atoms with E-state index in [-0.39, 0.29) is 17.3 Å². The van der Waals surface area contributed by atoms with Gasteiger partial charge in [0.15, 0.2) is 0 Å². The lowest BCUT2D eigenvalue weighted by molar-refractivity contribution is -0.117. The van der Waals surface area contributed by atoms with Crippen molar-refractivity contribution >= 4 is 48.9 Å². The Morgan fingerprint density at radius 3 is 2.39 bits per heavy atom. The van der Waals surface area contributed by atoms with Gasteiger partial charge in [-0.05, 0) is 52.8 Å². The molecule has 6 nitrogen and oxygen atoms in total. The number of carbonyl (C=O) groups is 1. The molecule has 0 bridgehead atoms. The third kappa shape index (κ3) is 6.12. The van der Waals surface area contributed by atoms with E-state index in [1.54, 1.807) is 43.4 Å². The number of thiophene rings is 1. The zero-order valence-electron chi connectivity index (χ0n) is 16.3. The molecule has 1 heterocycles. The Kier molecular flexibility index (Phi) is 8.63. The third-order valence-electron chi connectivity index (χ3n) is 4.28. The molecule has 1 amide bonds. The summed E-state index contributed by atoms with van der Waals surface area (Å²) in [5.41, 5.74) is 0.480. The van der Waals surface area contributed by atoms with E-state index in [4.69, 9.17) is 0 Å². The molecule has 0 aliphatic carbocycles. The zero-order chi connectivity index (χ0) is 20.7. The number of benzene rings is 1. The summed E-state index contributed by atoms with van der Waals surface area (Å²) in [7, 11) is -3.56. The van der Waals surface area contributed by atoms with E-state index in [1.165, 1.54) is 15.2 Å². The van der Waals surface area contributed by atoms with Gasteiger partial charge < -0.3 is 5.32 Å². The van der Waals surface area contributed by atoms with Crippen molar-refractivity contribution in [3.63, 3.8) is 0 Å². The number of hydrogen-bond donors (Lipinski definition) is 1. The third-order valence-corrected chi connectivity index (χ3v) is 7.94. The Hall–Kier alpha value is -1.26. The summed E-state index contributed by atoms with van der Waals surface area (Å²) in [5.74, 6) is -0.171. The summed E-state index contributed by atoms with van der Waals surface area (Å²) in [4.78, 5) is 15.9. The average Bonchev–Trinajstić information content (AvgIpc) is 3.06. The minimum Gasteiger partial charge on any atom is -0.325 e. The molecule has 154 valence electrons. The van der Waals surface area contributed by atoms with Crippen molar-refractivity contribution in [1.29, 1.82) is 0 Å². The van der Waals surface area contributed by atoms with Crippen LogP contribution in [-0.2, 0) is 21.4 Å². The van der Waals surface area contributed by atoms with E-state index in [2.05, 4.69) is 21.2 Å². The van der Waals surface area contributed by atoms with Crippen LogP contribution in [0.5, 0.6) is 0 Å². The second kappa shape index (κ2) is 10.5. The molecule has 0 aliphatic heterocycles. The molecule has 2 aromatic rings. The topological polar surface area (TPSA) is 69.7 Å². The van der Waals surface area contributed by atoms with Crippen molar-refractivity contribution in [2.45, 2.75) is 32.2 Å². The van der Waals surface area contributed by atoms with Gasteiger partial charge in [-0.25, -0.2) is 8.42 Å². The maximum absolute atomic E-state index is 12.7. The van der Waals surface area contributed by atoms with Gasteiger partial charge in [-0.3, -0.25) is 9.69 Å². The van der Waals surface area contributed by atoms with Crippen LogP contribution in [0.15, 0.2) is 45.1 Å². The van der Waals surface area contributed by atoms with Crippen molar-refractivity contribution in [2.75, 3.05) is 31.5 Å². The number of halogens is 1. The molecular weight excluding hydrogens is 462 g/mol. The number of carbonyl (C=O) groups excluding carboxylic acids is 1. The van der Waals surface area contributed by atoms with Crippen LogP contribution in [-0.4, -0.2) is 49.7 Å². The molecule has 0 radical (unpaired) electrons. The van der Waals surface area contributed by atoms with Crippen LogP contribution in [0.1, 0.15) is 25.6 Å². The first-order chi connectivity index (χ1) is 13.3. The molecule has 1 N–H and O–H groups in total. The number of sulfonamides is 1. The molecule has 0 aliphatic rings. The number of amides is 1. The fourth-order valence-electron chi connectivity index (χ4n) is 2.79. The molecule has 0 saturated carbocycles. The average molecular weight is 488 g/mol. The van der Waals surface area contributed by atoms with Crippen LogP contribution in [0.2, 0.25) is 0 Å². The van der Waals surface area contributed by atoms with E-state index in [1.807, 2.05) is 24.0 Å². The number of rotatable bonds is 10. The summed E-state index contributed by atoms with van der Waals surface area (Å²) in [5, 5.41) is 2.82. The van der Waals surface area contributed by atoms with E-state index in [0.717, 1.165) is 10.3 Å². The van der Waals surface area contributed by atoms with Gasteiger partial charge in [0.1, 0.15) is 0 Å². The molecule has 0 fully saturated rings. The standard InChI is InChI=1S/C19H26BrN3O3S2/c1-4-22(13-16-10-11-18(20)27-16)14-19(24)21-15-8-7-9-17(12-15)28(25,26)23(5-2)6-3/h7-12H,4-6,13-14H2,1-3H3,(H,21,24). The van der Waals surface area contributed by atoms with Crippen LogP contribution in [0.25, 0.3) is 0 Å². The zero-order valence-corrected chi connectivity index (χ0v) is 19.5. The highest BCUT2D eigenvalue weighted by molar-refractivity contribution is 9.11. The maximum Gasteiger partial charge on any atom is 0.243 e. The smallest absolute Gasteiger partial charge is 0.243 e. The Morgan fingerprint density at radius 1 is 1.11 bits per heavy atom. The Morgan fingerprint density at radius 2 is 1.82 bits per heavy atom. The fourth-order valence-corrected chi connectivity index (χ4v) is 5.82. The number of anilines is 1. The highest BCUT2D eigenvalue weighted by Crippen LogP contribution is 2.23. The lowest BCUT2D eigenvalue weighted by Gasteiger charge is -2.20. The lowest BCUT2D eigenvalue weighted by Crippen LogP contribution is -2.33. The van der Waals surface area contributed by atoms with Crippen molar-refractivity contribution in [2.24, 2.45) is 0 Å². The number of likely N-dealkylation sites (N-methyl/N-ethyl adjacent to an activating group) is 1. The Bertz CT molecular complexity index is 895. The number of nitrogens with one attached hydrogen (secondary N) is 1. The normalized spacial score (nSPS) is 11.9. The summed E-state index contributed by atoms with van der Waals surface area (Å²) in [6, 6.07) is 10.4. The van der Waals surface area contributed by atoms with Crippen LogP contribution in [0.4, 0.5) is 5.69 Å². The Labute approximate surface area is 179 Å². The molecule has 28 heavy (non-hydrogen) atoms. The summed E-state index contributed by atoms with van der Waals surface area (Å²) < 4.78 is 27.8. The van der Waals surface area contributed by atoms with E-state index in [0.29, 0.717) is 25.3 Å². The molecular formula is C19H26BrN3O3S2. The monoisotopic (exact) mass is 487 g/mol. The van der Waals surface area contributed by atoms with Crippen LogP contribution >= 0.6 is 27.3 Å². The first-order valence-corrected chi connectivity index (χ1v) is 12.2. The highest BCUT2D eigenvalue weighted by atomic mass is 79.9. The second-order valence-corrected chi connectivity index (χ2v) is 10.7. The van der Waals surface area contributed by atoms with Crippen molar-refractivity contribution < 1.29 is 13.2 Å². The van der Waals surface area contributed by atoms with Gasteiger partial charge in [0.25, 0.3) is 0 Å². The van der Waals surface area contributed by atoms with Gasteiger partial charge in [0, 0.05) is 30.2 Å². The lowest BCUT2D eigenvalue weighted by atomic mass is 10.3. The van der Waals surface area contributed by atoms with E-state index >= 15 is 0 Å². The number of hydrogen-bond acceptors (Lipinski definition) is 5.